The van der Waals surface area contributed by atoms with Gasteiger partial charge in [-0.3, -0.25) is 0 Å². The Labute approximate surface area is 77.6 Å². The monoisotopic (exact) mass is 175 g/mol. The van der Waals surface area contributed by atoms with E-state index in [0.29, 0.717) is 12.0 Å². The maximum atomic E-state index is 4.07. The van der Waals surface area contributed by atoms with Crippen LogP contribution in [0.3, 0.4) is 0 Å². The van der Waals surface area contributed by atoms with Crippen LogP contribution >= 0.6 is 0 Å². The second-order valence-corrected chi connectivity index (χ2v) is 4.06. The van der Waals surface area contributed by atoms with Crippen molar-refractivity contribution in [3.8, 4) is 0 Å². The Kier molecular flexibility index (Phi) is 1.59. The van der Waals surface area contributed by atoms with E-state index in [-0.39, 0.29) is 0 Å². The molecule has 0 amide bonds. The molecule has 1 N–H and O–H groups in total. The Bertz CT molecular complexity index is 298. The molecular formula is C10H13N3. The lowest BCUT2D eigenvalue weighted by atomic mass is 9.85. The van der Waals surface area contributed by atoms with Gasteiger partial charge in [0.25, 0.3) is 0 Å². The van der Waals surface area contributed by atoms with Crippen molar-refractivity contribution in [1.29, 1.82) is 0 Å². The minimum Gasteiger partial charge on any atom is -0.311 e. The number of nitrogens with one attached hydrogen (secondary N) is 1. The SMILES string of the molecule is c1ncc(C2CC3CCC2N3)cn1. The van der Waals surface area contributed by atoms with Gasteiger partial charge in [0.1, 0.15) is 6.33 Å². The first-order chi connectivity index (χ1) is 6.43. The molecule has 0 aliphatic carbocycles. The quantitative estimate of drug-likeness (QED) is 0.694. The van der Waals surface area contributed by atoms with E-state index in [9.17, 15) is 0 Å². The van der Waals surface area contributed by atoms with Crippen molar-refractivity contribution in [2.24, 2.45) is 0 Å². The Morgan fingerprint density at radius 1 is 1.23 bits per heavy atom. The molecule has 1 aromatic heterocycles. The van der Waals surface area contributed by atoms with E-state index >= 15 is 0 Å². The predicted molar refractivity (Wildman–Crippen MR) is 49.3 cm³/mol. The van der Waals surface area contributed by atoms with Gasteiger partial charge in [-0.05, 0) is 24.8 Å². The molecule has 2 fully saturated rings. The van der Waals surface area contributed by atoms with Crippen molar-refractivity contribution in [3.05, 3.63) is 24.3 Å². The first kappa shape index (κ1) is 7.44. The molecule has 3 rings (SSSR count). The van der Waals surface area contributed by atoms with Gasteiger partial charge in [-0.1, -0.05) is 0 Å². The maximum absolute atomic E-state index is 4.07. The largest absolute Gasteiger partial charge is 0.311 e. The van der Waals surface area contributed by atoms with Gasteiger partial charge in [-0.25, -0.2) is 9.97 Å². The van der Waals surface area contributed by atoms with Crippen molar-refractivity contribution in [1.82, 2.24) is 15.3 Å². The highest BCUT2D eigenvalue weighted by Crippen LogP contribution is 2.39. The number of hydrogen-bond donors (Lipinski definition) is 1. The van der Waals surface area contributed by atoms with E-state index < -0.39 is 0 Å². The molecule has 0 radical (unpaired) electrons. The van der Waals surface area contributed by atoms with Crippen LogP contribution in [0.5, 0.6) is 0 Å². The minimum absolute atomic E-state index is 0.667. The Morgan fingerprint density at radius 3 is 2.69 bits per heavy atom. The molecule has 2 bridgehead atoms. The van der Waals surface area contributed by atoms with Crippen LogP contribution in [0, 0.1) is 0 Å². The number of fused-ring (bicyclic) bond motifs is 2. The van der Waals surface area contributed by atoms with E-state index in [4.69, 9.17) is 0 Å². The third kappa shape index (κ3) is 1.15. The Hall–Kier alpha value is -0.960. The van der Waals surface area contributed by atoms with Crippen molar-refractivity contribution in [2.75, 3.05) is 0 Å². The average molecular weight is 175 g/mol. The van der Waals surface area contributed by atoms with E-state index in [1.807, 2.05) is 12.4 Å². The zero-order valence-corrected chi connectivity index (χ0v) is 7.48. The van der Waals surface area contributed by atoms with Crippen LogP contribution in [0.25, 0.3) is 0 Å². The Balaban J connectivity index is 1.87. The Morgan fingerprint density at radius 2 is 2.08 bits per heavy atom. The van der Waals surface area contributed by atoms with Gasteiger partial charge in [0.2, 0.25) is 0 Å². The van der Waals surface area contributed by atoms with Gasteiger partial charge >= 0.3 is 0 Å². The fourth-order valence-corrected chi connectivity index (χ4v) is 2.69. The minimum atomic E-state index is 0.667. The van der Waals surface area contributed by atoms with Gasteiger partial charge in [0, 0.05) is 30.4 Å². The highest BCUT2D eigenvalue weighted by atomic mass is 15.0. The summed E-state index contributed by atoms with van der Waals surface area (Å²) in [4.78, 5) is 8.15. The number of hydrogen-bond acceptors (Lipinski definition) is 3. The zero-order chi connectivity index (χ0) is 8.67. The van der Waals surface area contributed by atoms with Gasteiger partial charge in [-0.2, -0.15) is 0 Å². The van der Waals surface area contributed by atoms with Gasteiger partial charge in [-0.15, -0.1) is 0 Å². The molecule has 0 saturated carbocycles. The molecule has 3 unspecified atom stereocenters. The molecule has 3 heterocycles. The molecule has 2 aliphatic rings. The van der Waals surface area contributed by atoms with Crippen molar-refractivity contribution < 1.29 is 0 Å². The van der Waals surface area contributed by atoms with E-state index in [2.05, 4.69) is 15.3 Å². The van der Waals surface area contributed by atoms with Crippen molar-refractivity contribution >= 4 is 0 Å². The van der Waals surface area contributed by atoms with Crippen molar-refractivity contribution in [2.45, 2.75) is 37.3 Å². The van der Waals surface area contributed by atoms with Crippen LogP contribution in [-0.2, 0) is 0 Å². The second-order valence-electron chi connectivity index (χ2n) is 4.06. The predicted octanol–water partition coefficient (Wildman–Crippen LogP) is 1.08. The molecule has 2 aliphatic heterocycles. The molecule has 68 valence electrons. The molecule has 13 heavy (non-hydrogen) atoms. The first-order valence-electron chi connectivity index (χ1n) is 4.94. The molecule has 0 spiro atoms. The van der Waals surface area contributed by atoms with Gasteiger partial charge in [0.15, 0.2) is 0 Å². The normalized spacial score (nSPS) is 36.8. The van der Waals surface area contributed by atoms with Crippen LogP contribution in [0.2, 0.25) is 0 Å². The van der Waals surface area contributed by atoms with E-state index in [1.54, 1.807) is 6.33 Å². The van der Waals surface area contributed by atoms with Gasteiger partial charge < -0.3 is 5.32 Å². The maximum Gasteiger partial charge on any atom is 0.115 e. The van der Waals surface area contributed by atoms with Crippen LogP contribution in [0.15, 0.2) is 18.7 Å². The van der Waals surface area contributed by atoms with Crippen LogP contribution in [0.4, 0.5) is 0 Å². The van der Waals surface area contributed by atoms with Crippen LogP contribution < -0.4 is 5.32 Å². The van der Waals surface area contributed by atoms with Crippen LogP contribution in [0.1, 0.15) is 30.7 Å². The summed E-state index contributed by atoms with van der Waals surface area (Å²) in [6.07, 6.45) is 9.47. The molecule has 3 heteroatoms. The zero-order valence-electron chi connectivity index (χ0n) is 7.48. The lowest BCUT2D eigenvalue weighted by Crippen LogP contribution is -2.21. The van der Waals surface area contributed by atoms with Crippen LogP contribution in [-0.4, -0.2) is 22.1 Å². The number of nitrogens with zero attached hydrogens (tertiary/aromatic N) is 2. The summed E-state index contributed by atoms with van der Waals surface area (Å²) in [6.45, 7) is 0. The fraction of sp³-hybridized carbons (Fsp3) is 0.600. The summed E-state index contributed by atoms with van der Waals surface area (Å²) in [5.74, 6) is 0.667. The average Bonchev–Trinajstić information content (AvgIpc) is 2.80. The van der Waals surface area contributed by atoms with E-state index in [0.717, 1.165) is 6.04 Å². The third-order valence-corrected chi connectivity index (χ3v) is 3.31. The topological polar surface area (TPSA) is 37.8 Å². The first-order valence-corrected chi connectivity index (χ1v) is 4.94. The molecule has 1 aromatic rings. The fourth-order valence-electron chi connectivity index (χ4n) is 2.69. The standard InChI is InChI=1S/C10H13N3/c1-2-10-9(3-8(1)13-10)7-4-11-6-12-5-7/h4-6,8-10,13H,1-3H2. The molecule has 2 saturated heterocycles. The molecule has 0 aromatic carbocycles. The summed E-state index contributed by atoms with van der Waals surface area (Å²) in [6, 6.07) is 1.45. The highest BCUT2D eigenvalue weighted by Gasteiger charge is 2.39. The highest BCUT2D eigenvalue weighted by molar-refractivity contribution is 5.19. The smallest absolute Gasteiger partial charge is 0.115 e. The summed E-state index contributed by atoms with van der Waals surface area (Å²) in [5, 5.41) is 3.62. The number of aromatic nitrogens is 2. The number of rotatable bonds is 1. The third-order valence-electron chi connectivity index (χ3n) is 3.31. The summed E-state index contributed by atoms with van der Waals surface area (Å²) in [7, 11) is 0. The van der Waals surface area contributed by atoms with Gasteiger partial charge in [0.05, 0.1) is 0 Å². The molecular weight excluding hydrogens is 162 g/mol. The second kappa shape index (κ2) is 2.77. The van der Waals surface area contributed by atoms with E-state index in [1.165, 1.54) is 24.8 Å². The molecule has 3 atom stereocenters. The summed E-state index contributed by atoms with van der Waals surface area (Å²) in [5.41, 5.74) is 1.31. The lowest BCUT2D eigenvalue weighted by Gasteiger charge is -2.19. The summed E-state index contributed by atoms with van der Waals surface area (Å²) < 4.78 is 0. The summed E-state index contributed by atoms with van der Waals surface area (Å²) >= 11 is 0. The lowest BCUT2D eigenvalue weighted by molar-refractivity contribution is 0.504. The molecule has 3 nitrogen and oxygen atoms in total. The van der Waals surface area contributed by atoms with Crippen molar-refractivity contribution in [3.63, 3.8) is 0 Å².